The van der Waals surface area contributed by atoms with E-state index in [1.54, 1.807) is 0 Å². The summed E-state index contributed by atoms with van der Waals surface area (Å²) in [6.45, 7) is 0. The van der Waals surface area contributed by atoms with E-state index in [0.717, 1.165) is 121 Å². The molecule has 0 aromatic heterocycles. The first-order valence-corrected chi connectivity index (χ1v) is 22.6. The number of fused-ring (bicyclic) bond motifs is 14. The predicted octanol–water partition coefficient (Wildman–Crippen LogP) is 13.6. The lowest BCUT2D eigenvalue weighted by Crippen LogP contribution is -2.02. The van der Waals surface area contributed by atoms with E-state index in [2.05, 4.69) is 206 Å². The third-order valence-corrected chi connectivity index (χ3v) is 14.1. The summed E-state index contributed by atoms with van der Waals surface area (Å²) in [6.07, 6.45) is 0. The summed E-state index contributed by atoms with van der Waals surface area (Å²) >= 11 is 0. The molecule has 0 saturated heterocycles. The standard InChI is InChI=1S/C62H34N4/c1-3-15-35(16-4-1)37-27-31-49-57(59-51(63-49)33-29-45-39-19-11-13-25-47(39)65-61(45)59)55(37)53-41-21-7-9-23-43(41)54(44-24-10-8-22-42(44)53)56-38(36-17-5-2-6-18-36)28-32-50-58(56)60-52(64-50)34-30-46-40-20-12-14-26-48(40)66-62(46)60/h1-34H. The van der Waals surface area contributed by atoms with Crippen LogP contribution in [-0.2, 0) is 0 Å². The Morgan fingerprint density at radius 1 is 0.212 bits per heavy atom. The first-order valence-electron chi connectivity index (χ1n) is 22.6. The van der Waals surface area contributed by atoms with E-state index in [4.69, 9.17) is 20.0 Å². The van der Waals surface area contributed by atoms with E-state index >= 15 is 0 Å². The van der Waals surface area contributed by atoms with Gasteiger partial charge in [-0.2, -0.15) is 0 Å². The molecule has 4 heteroatoms. The van der Waals surface area contributed by atoms with Gasteiger partial charge in [0.25, 0.3) is 0 Å². The molecule has 11 aromatic carbocycles. The van der Waals surface area contributed by atoms with Crippen LogP contribution in [0.15, 0.2) is 226 Å². The Kier molecular flexibility index (Phi) is 7.19. The average Bonchev–Trinajstić information content (AvgIpc) is 4.16. The van der Waals surface area contributed by atoms with Crippen molar-refractivity contribution < 1.29 is 0 Å². The molecule has 4 aliphatic heterocycles. The Morgan fingerprint density at radius 2 is 0.591 bits per heavy atom. The van der Waals surface area contributed by atoms with Crippen molar-refractivity contribution in [2.75, 3.05) is 0 Å². The van der Waals surface area contributed by atoms with E-state index < -0.39 is 0 Å². The minimum absolute atomic E-state index is 0.951. The highest BCUT2D eigenvalue weighted by Crippen LogP contribution is 2.57. The van der Waals surface area contributed by atoms with Crippen LogP contribution in [0.4, 0.5) is 22.7 Å². The van der Waals surface area contributed by atoms with E-state index in [1.165, 1.54) is 32.7 Å². The molecular weight excluding hydrogens is 801 g/mol. The highest BCUT2D eigenvalue weighted by Gasteiger charge is 2.32. The van der Waals surface area contributed by atoms with Crippen molar-refractivity contribution in [3.05, 3.63) is 249 Å². The molecule has 0 saturated carbocycles. The van der Waals surface area contributed by atoms with Crippen LogP contribution in [0.3, 0.4) is 0 Å². The van der Waals surface area contributed by atoms with Gasteiger partial charge >= 0.3 is 0 Å². The summed E-state index contributed by atoms with van der Waals surface area (Å²) in [4.78, 5) is 21.4. The molecule has 11 aromatic rings. The second-order valence-corrected chi connectivity index (χ2v) is 17.5. The zero-order valence-electron chi connectivity index (χ0n) is 35.4. The van der Waals surface area contributed by atoms with Crippen LogP contribution in [0, 0.1) is 20.9 Å². The first-order chi connectivity index (χ1) is 32.8. The lowest BCUT2D eigenvalue weighted by atomic mass is 9.78. The van der Waals surface area contributed by atoms with Crippen LogP contribution < -0.4 is 21.4 Å². The molecule has 15 rings (SSSR count). The van der Waals surface area contributed by atoms with Gasteiger partial charge < -0.3 is 0 Å². The van der Waals surface area contributed by atoms with Gasteiger partial charge in [0.05, 0.1) is 44.2 Å². The SMILES string of the molecule is c1ccc(-c2ccc3c(c2-c2c4ccccc4c(-c4c(-c5ccccc5)ccc5c4-c4c6c(ccc4=N5)=c4ccccc4=N6)c4ccccc24)-c2c4c(ccc2=N3)=c2ccccc2=N4)cc1. The van der Waals surface area contributed by atoms with E-state index in [0.29, 0.717) is 0 Å². The van der Waals surface area contributed by atoms with Gasteiger partial charge in [-0.1, -0.05) is 158 Å². The molecule has 0 bridgehead atoms. The Hall–Kier alpha value is -8.86. The molecule has 4 heterocycles. The van der Waals surface area contributed by atoms with Gasteiger partial charge in [-0.15, -0.1) is 0 Å². The number of hydrogen-bond acceptors (Lipinski definition) is 4. The van der Waals surface area contributed by atoms with Crippen molar-refractivity contribution in [2.24, 2.45) is 20.0 Å². The lowest BCUT2D eigenvalue weighted by molar-refractivity contribution is 1.36. The van der Waals surface area contributed by atoms with Crippen LogP contribution in [0.5, 0.6) is 0 Å². The van der Waals surface area contributed by atoms with Crippen molar-refractivity contribution in [1.82, 2.24) is 0 Å². The summed E-state index contributed by atoms with van der Waals surface area (Å²) in [7, 11) is 0. The second kappa shape index (κ2) is 13.3. The first kappa shape index (κ1) is 35.6. The number of nitrogens with zero attached hydrogens (tertiary/aromatic N) is 4. The topological polar surface area (TPSA) is 49.4 Å². The Labute approximate surface area is 377 Å². The monoisotopic (exact) mass is 834 g/mol. The fourth-order valence-electron chi connectivity index (χ4n) is 11.4. The third-order valence-electron chi connectivity index (χ3n) is 14.1. The van der Waals surface area contributed by atoms with Crippen LogP contribution in [-0.4, -0.2) is 0 Å². The molecule has 0 N–H and O–H groups in total. The molecule has 0 unspecified atom stereocenters. The Morgan fingerprint density at radius 3 is 1.02 bits per heavy atom. The second-order valence-electron chi connectivity index (χ2n) is 17.5. The maximum absolute atomic E-state index is 5.37. The summed E-state index contributed by atoms with van der Waals surface area (Å²) in [5, 5.41) is 13.2. The largest absolute Gasteiger partial charge is 0.248 e. The van der Waals surface area contributed by atoms with Crippen molar-refractivity contribution in [3.63, 3.8) is 0 Å². The van der Waals surface area contributed by atoms with Crippen LogP contribution in [0.2, 0.25) is 0 Å². The van der Waals surface area contributed by atoms with Crippen molar-refractivity contribution in [1.29, 1.82) is 0 Å². The normalized spacial score (nSPS) is 12.7. The summed E-state index contributed by atoms with van der Waals surface area (Å²) in [5.74, 6) is 0. The molecule has 302 valence electrons. The zero-order chi connectivity index (χ0) is 43.0. The van der Waals surface area contributed by atoms with Gasteiger partial charge in [-0.3, -0.25) is 0 Å². The minimum atomic E-state index is 0.951. The zero-order valence-corrected chi connectivity index (χ0v) is 35.4. The smallest absolute Gasteiger partial charge is 0.0817 e. The van der Waals surface area contributed by atoms with Crippen LogP contribution in [0.25, 0.3) is 88.3 Å². The fraction of sp³-hybridized carbons (Fsp3) is 0. The fourth-order valence-corrected chi connectivity index (χ4v) is 11.4. The maximum atomic E-state index is 5.37. The molecule has 0 fully saturated rings. The van der Waals surface area contributed by atoms with E-state index in [1.807, 2.05) is 0 Å². The summed E-state index contributed by atoms with van der Waals surface area (Å²) in [6, 6.07) is 74.4. The van der Waals surface area contributed by atoms with Crippen LogP contribution >= 0.6 is 0 Å². The Balaban J connectivity index is 1.11. The molecule has 0 spiro atoms. The highest BCUT2D eigenvalue weighted by molar-refractivity contribution is 6.27. The van der Waals surface area contributed by atoms with Gasteiger partial charge in [0, 0.05) is 54.3 Å². The third kappa shape index (κ3) is 4.82. The summed E-state index contributed by atoms with van der Waals surface area (Å²) in [5.41, 5.74) is 17.6. The van der Waals surface area contributed by atoms with E-state index in [-0.39, 0.29) is 0 Å². The molecule has 66 heavy (non-hydrogen) atoms. The molecule has 4 nitrogen and oxygen atoms in total. The molecule has 0 aliphatic carbocycles. The van der Waals surface area contributed by atoms with Gasteiger partial charge in [0.15, 0.2) is 0 Å². The maximum Gasteiger partial charge on any atom is 0.0817 e. The minimum Gasteiger partial charge on any atom is -0.248 e. The van der Waals surface area contributed by atoms with Gasteiger partial charge in [0.1, 0.15) is 0 Å². The average molecular weight is 835 g/mol. The van der Waals surface area contributed by atoms with Gasteiger partial charge in [-0.05, 0) is 103 Å². The summed E-state index contributed by atoms with van der Waals surface area (Å²) < 4.78 is 0. The molecule has 0 amide bonds. The molecule has 4 aliphatic rings. The van der Waals surface area contributed by atoms with Crippen LogP contribution in [0.1, 0.15) is 0 Å². The quantitative estimate of drug-likeness (QED) is 0.159. The van der Waals surface area contributed by atoms with Crippen molar-refractivity contribution >= 4 is 44.3 Å². The van der Waals surface area contributed by atoms with Crippen molar-refractivity contribution in [2.45, 2.75) is 0 Å². The Bertz CT molecular complexity index is 4160. The van der Waals surface area contributed by atoms with Crippen molar-refractivity contribution in [3.8, 4) is 66.8 Å². The number of rotatable bonds is 4. The molecular formula is C62H34N4. The van der Waals surface area contributed by atoms with Gasteiger partial charge in [0.2, 0.25) is 0 Å². The molecule has 0 atom stereocenters. The number of benzene rings is 11. The lowest BCUT2D eigenvalue weighted by Gasteiger charge is -2.24. The number of hydrogen-bond donors (Lipinski definition) is 0. The highest BCUT2D eigenvalue weighted by atomic mass is 14.8. The molecule has 0 radical (unpaired) electrons. The predicted molar refractivity (Wildman–Crippen MR) is 266 cm³/mol. The van der Waals surface area contributed by atoms with Gasteiger partial charge in [-0.25, -0.2) is 20.0 Å². The van der Waals surface area contributed by atoms with E-state index in [9.17, 15) is 0 Å². The number of para-hydroxylation sites is 2.